The van der Waals surface area contributed by atoms with Crippen LogP contribution in [0.1, 0.15) is 49.2 Å². The number of fused-ring (bicyclic) bond motifs is 1. The van der Waals surface area contributed by atoms with Crippen molar-refractivity contribution in [2.24, 2.45) is 0 Å². The van der Waals surface area contributed by atoms with E-state index >= 15 is 0 Å². The predicted molar refractivity (Wildman–Crippen MR) is 141 cm³/mol. The normalized spacial score (nSPS) is 16.8. The number of benzene rings is 1. The Morgan fingerprint density at radius 3 is 2.65 bits per heavy atom. The first-order valence-electron chi connectivity index (χ1n) is 12.8. The Balaban J connectivity index is 1.54. The highest BCUT2D eigenvalue weighted by molar-refractivity contribution is 5.66. The maximum absolute atomic E-state index is 13.5. The molecule has 2 N–H and O–H groups in total. The summed E-state index contributed by atoms with van der Waals surface area (Å²) in [6, 6.07) is 9.48. The number of carbonyl (C=O) groups excluding carboxylic acids is 1. The zero-order valence-corrected chi connectivity index (χ0v) is 22.2. The van der Waals surface area contributed by atoms with Crippen LogP contribution in [0.2, 0.25) is 0 Å². The molecule has 1 saturated carbocycles. The number of amides is 1. The minimum Gasteiger partial charge on any atom is -0.324 e. The van der Waals surface area contributed by atoms with E-state index in [0.29, 0.717) is 29.1 Å². The van der Waals surface area contributed by atoms with Crippen LogP contribution in [0.4, 0.5) is 36.4 Å². The fourth-order valence-electron chi connectivity index (χ4n) is 4.84. The van der Waals surface area contributed by atoms with Crippen LogP contribution in [0.25, 0.3) is 0 Å². The SMILES string of the molecule is Cc1cnc(Nc2ccc3c(c2)CCNC3(C)C)nc1N(c1ccnc(C2(C#N)CC2)n1)N(C=O)CC(F)(F)F. The average Bonchev–Trinajstić information content (AvgIpc) is 3.71. The third-order valence-electron chi connectivity index (χ3n) is 7.11. The third-order valence-corrected chi connectivity index (χ3v) is 7.11. The topological polar surface area (TPSA) is 123 Å². The van der Waals surface area contributed by atoms with Gasteiger partial charge in [0.25, 0.3) is 0 Å². The monoisotopic (exact) mass is 551 g/mol. The molecule has 1 fully saturated rings. The van der Waals surface area contributed by atoms with Crippen molar-refractivity contribution in [3.63, 3.8) is 0 Å². The van der Waals surface area contributed by atoms with E-state index in [2.05, 4.69) is 50.5 Å². The van der Waals surface area contributed by atoms with Gasteiger partial charge in [0.1, 0.15) is 12.0 Å². The first-order chi connectivity index (χ1) is 18.9. The second kappa shape index (κ2) is 10.0. The molecule has 10 nitrogen and oxygen atoms in total. The van der Waals surface area contributed by atoms with Crippen LogP contribution in [0, 0.1) is 18.3 Å². The predicted octanol–water partition coefficient (Wildman–Crippen LogP) is 4.33. The number of hydrogen-bond donors (Lipinski definition) is 2. The number of rotatable bonds is 8. The quantitative estimate of drug-likeness (QED) is 0.311. The lowest BCUT2D eigenvalue weighted by atomic mass is 9.85. The highest BCUT2D eigenvalue weighted by atomic mass is 19.4. The van der Waals surface area contributed by atoms with Crippen LogP contribution < -0.4 is 15.6 Å². The van der Waals surface area contributed by atoms with Gasteiger partial charge in [-0.3, -0.25) is 4.79 Å². The summed E-state index contributed by atoms with van der Waals surface area (Å²) >= 11 is 0. The number of nitrogens with zero attached hydrogens (tertiary/aromatic N) is 7. The molecule has 208 valence electrons. The summed E-state index contributed by atoms with van der Waals surface area (Å²) in [5.74, 6) is 0.302. The van der Waals surface area contributed by atoms with Crippen molar-refractivity contribution in [3.8, 4) is 6.07 Å². The van der Waals surface area contributed by atoms with Crippen LogP contribution in [0.3, 0.4) is 0 Å². The zero-order valence-electron chi connectivity index (χ0n) is 22.2. The Labute approximate surface area is 229 Å². The van der Waals surface area contributed by atoms with E-state index in [9.17, 15) is 23.2 Å². The minimum atomic E-state index is -4.70. The maximum atomic E-state index is 13.5. The van der Waals surface area contributed by atoms with Crippen molar-refractivity contribution in [3.05, 3.63) is 59.2 Å². The van der Waals surface area contributed by atoms with Gasteiger partial charge in [0.05, 0.1) is 6.07 Å². The first kappa shape index (κ1) is 27.3. The smallest absolute Gasteiger partial charge is 0.324 e. The fourth-order valence-corrected chi connectivity index (χ4v) is 4.84. The lowest BCUT2D eigenvalue weighted by Gasteiger charge is -2.34. The van der Waals surface area contributed by atoms with Crippen molar-refractivity contribution in [2.45, 2.75) is 57.2 Å². The third kappa shape index (κ3) is 5.40. The van der Waals surface area contributed by atoms with E-state index in [0.717, 1.165) is 18.0 Å². The van der Waals surface area contributed by atoms with Crippen molar-refractivity contribution in [1.82, 2.24) is 30.3 Å². The Hall–Kier alpha value is -4.31. The van der Waals surface area contributed by atoms with Gasteiger partial charge in [-0.25, -0.2) is 25.0 Å². The fraction of sp³-hybridized carbons (Fsp3) is 0.407. The standard InChI is InChI=1S/C27H28F3N9O/c1-17-13-33-24(35-19-4-5-20-18(12-19)6-11-34-25(20,2)3)37-22(17)39(38(16-40)15-27(28,29)30)21-7-10-32-23(36-21)26(14-31)8-9-26/h4-5,7,10,12-13,16,34H,6,8-9,11,15H2,1-3H3,(H,33,35,37). The Morgan fingerprint density at radius 1 is 1.20 bits per heavy atom. The summed E-state index contributed by atoms with van der Waals surface area (Å²) in [6.07, 6.45) is 0.113. The molecule has 0 spiro atoms. The molecule has 5 rings (SSSR count). The van der Waals surface area contributed by atoms with Gasteiger partial charge in [-0.1, -0.05) is 6.07 Å². The van der Waals surface area contributed by atoms with Crippen molar-refractivity contribution in [2.75, 3.05) is 23.4 Å². The van der Waals surface area contributed by atoms with E-state index in [-0.39, 0.29) is 35.4 Å². The molecule has 2 aliphatic rings. The summed E-state index contributed by atoms with van der Waals surface area (Å²) in [4.78, 5) is 29.4. The molecule has 0 unspecified atom stereocenters. The van der Waals surface area contributed by atoms with E-state index < -0.39 is 18.1 Å². The summed E-state index contributed by atoms with van der Waals surface area (Å²) in [7, 11) is 0. The largest absolute Gasteiger partial charge is 0.408 e. The molecular formula is C27H28F3N9O. The molecule has 0 radical (unpaired) electrons. The van der Waals surface area contributed by atoms with E-state index in [4.69, 9.17) is 0 Å². The highest BCUT2D eigenvalue weighted by Gasteiger charge is 2.48. The molecule has 3 aromatic rings. The summed E-state index contributed by atoms with van der Waals surface area (Å²) in [5.41, 5.74) is 2.41. The van der Waals surface area contributed by atoms with E-state index in [1.165, 1.54) is 29.6 Å². The molecule has 13 heteroatoms. The summed E-state index contributed by atoms with van der Waals surface area (Å²) in [6.45, 7) is 5.10. The van der Waals surface area contributed by atoms with Gasteiger partial charge in [-0.2, -0.15) is 23.4 Å². The number of aryl methyl sites for hydroxylation is 1. The zero-order chi connectivity index (χ0) is 28.7. The Bertz CT molecular complexity index is 1480. The summed E-state index contributed by atoms with van der Waals surface area (Å²) < 4.78 is 40.6. The average molecular weight is 552 g/mol. The lowest BCUT2D eigenvalue weighted by Crippen LogP contribution is -2.45. The number of halogens is 3. The van der Waals surface area contributed by atoms with E-state index in [1.54, 1.807) is 6.92 Å². The lowest BCUT2D eigenvalue weighted by molar-refractivity contribution is -0.154. The van der Waals surface area contributed by atoms with Gasteiger partial charge in [-0.15, -0.1) is 0 Å². The van der Waals surface area contributed by atoms with Gasteiger partial charge in [0.2, 0.25) is 12.4 Å². The van der Waals surface area contributed by atoms with Crippen LogP contribution in [0.5, 0.6) is 0 Å². The number of aromatic nitrogens is 4. The summed E-state index contributed by atoms with van der Waals surface area (Å²) in [5, 5.41) is 17.7. The molecule has 2 aromatic heterocycles. The van der Waals surface area contributed by atoms with Gasteiger partial charge < -0.3 is 10.6 Å². The highest BCUT2D eigenvalue weighted by Crippen LogP contribution is 2.46. The number of anilines is 4. The van der Waals surface area contributed by atoms with Gasteiger partial charge in [0.15, 0.2) is 17.5 Å². The van der Waals surface area contributed by atoms with Crippen molar-refractivity contribution < 1.29 is 18.0 Å². The number of carbonyl (C=O) groups is 1. The van der Waals surface area contributed by atoms with Gasteiger partial charge in [0, 0.05) is 35.2 Å². The maximum Gasteiger partial charge on any atom is 0.408 e. The number of alkyl halides is 3. The number of nitrogens with one attached hydrogen (secondary N) is 2. The van der Waals surface area contributed by atoms with Crippen LogP contribution in [-0.4, -0.2) is 50.6 Å². The minimum absolute atomic E-state index is 0.0172. The number of hydrogen-bond acceptors (Lipinski definition) is 9. The number of hydrazine groups is 1. The van der Waals surface area contributed by atoms with Gasteiger partial charge >= 0.3 is 6.18 Å². The molecule has 0 atom stereocenters. The van der Waals surface area contributed by atoms with Crippen molar-refractivity contribution in [1.29, 1.82) is 5.26 Å². The molecule has 3 heterocycles. The van der Waals surface area contributed by atoms with Crippen LogP contribution >= 0.6 is 0 Å². The van der Waals surface area contributed by atoms with Crippen LogP contribution in [0.15, 0.2) is 36.7 Å². The Kier molecular flexibility index (Phi) is 6.83. The second-order valence-corrected chi connectivity index (χ2v) is 10.6. The van der Waals surface area contributed by atoms with Crippen molar-refractivity contribution >= 4 is 29.7 Å². The molecule has 1 aliphatic heterocycles. The second-order valence-electron chi connectivity index (χ2n) is 10.6. The molecule has 1 aromatic carbocycles. The Morgan fingerprint density at radius 2 is 1.98 bits per heavy atom. The molecule has 0 saturated heterocycles. The first-order valence-corrected chi connectivity index (χ1v) is 12.8. The number of nitriles is 1. The molecule has 1 aliphatic carbocycles. The molecule has 40 heavy (non-hydrogen) atoms. The van der Waals surface area contributed by atoms with Crippen LogP contribution in [-0.2, 0) is 22.2 Å². The van der Waals surface area contributed by atoms with E-state index in [1.807, 2.05) is 18.2 Å². The molecular weight excluding hydrogens is 523 g/mol. The molecule has 0 bridgehead atoms. The molecule has 1 amide bonds. The van der Waals surface area contributed by atoms with Gasteiger partial charge in [-0.05, 0) is 69.8 Å².